The molecular formula is C74H64N2O. The Bertz CT molecular complexity index is 4070. The van der Waals surface area contributed by atoms with Gasteiger partial charge in [-0.15, -0.1) is 0 Å². The van der Waals surface area contributed by atoms with Gasteiger partial charge >= 0.3 is 0 Å². The van der Waals surface area contributed by atoms with Gasteiger partial charge in [0, 0.05) is 33.5 Å². The molecule has 0 radical (unpaired) electrons. The molecule has 0 saturated carbocycles. The first kappa shape index (κ1) is 48.0. The summed E-state index contributed by atoms with van der Waals surface area (Å²) >= 11 is 0. The maximum Gasteiger partial charge on any atom is 0.119 e. The molecule has 1 unspecified atom stereocenters. The molecule has 376 valence electrons. The van der Waals surface area contributed by atoms with Gasteiger partial charge in [0.25, 0.3) is 0 Å². The van der Waals surface area contributed by atoms with Crippen LogP contribution in [0.1, 0.15) is 70.9 Å². The predicted molar refractivity (Wildman–Crippen MR) is 332 cm³/mol. The number of para-hydroxylation sites is 1. The van der Waals surface area contributed by atoms with Crippen LogP contribution in [0.15, 0.2) is 224 Å². The summed E-state index contributed by atoms with van der Waals surface area (Å²) in [6.07, 6.45) is 7.99. The minimum atomic E-state index is 0.140. The van der Waals surface area contributed by atoms with Gasteiger partial charge < -0.3 is 14.5 Å². The van der Waals surface area contributed by atoms with Crippen LogP contribution in [0.2, 0.25) is 0 Å². The number of hydrogen-bond acceptors (Lipinski definition) is 3. The second-order valence-electron chi connectivity index (χ2n) is 21.1. The van der Waals surface area contributed by atoms with E-state index in [0.29, 0.717) is 0 Å². The maximum absolute atomic E-state index is 6.32. The summed E-state index contributed by atoms with van der Waals surface area (Å²) in [5, 5.41) is 15.3. The maximum atomic E-state index is 6.32. The Morgan fingerprint density at radius 2 is 0.701 bits per heavy atom. The van der Waals surface area contributed by atoms with Crippen molar-refractivity contribution in [3.63, 3.8) is 0 Å². The van der Waals surface area contributed by atoms with Crippen LogP contribution < -0.4 is 14.5 Å². The minimum absolute atomic E-state index is 0.140. The fourth-order valence-electron chi connectivity index (χ4n) is 12.4. The van der Waals surface area contributed by atoms with E-state index < -0.39 is 0 Å². The topological polar surface area (TPSA) is 15.7 Å². The second-order valence-corrected chi connectivity index (χ2v) is 21.1. The first-order chi connectivity index (χ1) is 38.0. The Hall–Kier alpha value is -8.66. The molecule has 0 aliphatic heterocycles. The molecule has 1 atom stereocenters. The lowest BCUT2D eigenvalue weighted by Crippen LogP contribution is -2.12. The van der Waals surface area contributed by atoms with E-state index >= 15 is 0 Å². The largest absolute Gasteiger partial charge is 0.491 e. The van der Waals surface area contributed by atoms with E-state index in [-0.39, 0.29) is 6.10 Å². The normalized spacial score (nSPS) is 12.2. The molecule has 77 heavy (non-hydrogen) atoms. The van der Waals surface area contributed by atoms with Crippen molar-refractivity contribution in [1.29, 1.82) is 0 Å². The zero-order valence-corrected chi connectivity index (χ0v) is 44.7. The van der Waals surface area contributed by atoms with E-state index in [4.69, 9.17) is 4.74 Å². The summed E-state index contributed by atoms with van der Waals surface area (Å²) in [5.41, 5.74) is 14.6. The Kier molecular flexibility index (Phi) is 12.8. The molecule has 0 saturated heterocycles. The molecular weight excluding hydrogens is 933 g/mol. The quantitative estimate of drug-likeness (QED) is 0.0904. The van der Waals surface area contributed by atoms with Gasteiger partial charge in [0.05, 0.1) is 17.5 Å². The minimum Gasteiger partial charge on any atom is -0.491 e. The van der Waals surface area contributed by atoms with Crippen LogP contribution in [-0.4, -0.2) is 6.10 Å². The number of benzene rings is 11. The average molecular weight is 997 g/mol. The van der Waals surface area contributed by atoms with E-state index in [9.17, 15) is 0 Å². The summed E-state index contributed by atoms with van der Waals surface area (Å²) in [4.78, 5) is 4.91. The van der Waals surface area contributed by atoms with Crippen molar-refractivity contribution in [3.05, 3.63) is 236 Å². The van der Waals surface area contributed by atoms with Crippen LogP contribution in [0, 0.1) is 0 Å². The first-order valence-electron chi connectivity index (χ1n) is 28.1. The van der Waals surface area contributed by atoms with Gasteiger partial charge in [-0.1, -0.05) is 185 Å². The van der Waals surface area contributed by atoms with Gasteiger partial charge in [0.1, 0.15) is 5.75 Å². The molecule has 13 aromatic carbocycles. The second kappa shape index (κ2) is 20.5. The molecule has 0 fully saturated rings. The van der Waals surface area contributed by atoms with Crippen LogP contribution in [0.25, 0.3) is 86.9 Å². The van der Waals surface area contributed by atoms with Gasteiger partial charge in [-0.05, 0) is 199 Å². The van der Waals surface area contributed by atoms with E-state index in [1.807, 2.05) is 0 Å². The van der Waals surface area contributed by atoms with E-state index in [2.05, 4.69) is 262 Å². The lowest BCUT2D eigenvalue weighted by atomic mass is 9.87. The number of anilines is 6. The molecule has 13 rings (SSSR count). The van der Waals surface area contributed by atoms with Gasteiger partial charge in [-0.2, -0.15) is 0 Å². The Labute approximate surface area is 453 Å². The van der Waals surface area contributed by atoms with Crippen LogP contribution in [0.5, 0.6) is 5.75 Å². The summed E-state index contributed by atoms with van der Waals surface area (Å²) in [7, 11) is 0. The Balaban J connectivity index is 1.11. The van der Waals surface area contributed by atoms with Gasteiger partial charge in [0.15, 0.2) is 0 Å². The number of fused-ring (bicyclic) bond motifs is 6. The van der Waals surface area contributed by atoms with Gasteiger partial charge in [-0.3, -0.25) is 0 Å². The van der Waals surface area contributed by atoms with Crippen LogP contribution in [0.4, 0.5) is 34.1 Å². The molecule has 0 aliphatic rings. The number of aryl methyl sites for hydroxylation is 2. The zero-order valence-electron chi connectivity index (χ0n) is 44.7. The molecule has 0 spiro atoms. The highest BCUT2D eigenvalue weighted by molar-refractivity contribution is 6.47. The van der Waals surface area contributed by atoms with Crippen molar-refractivity contribution < 1.29 is 4.74 Å². The van der Waals surface area contributed by atoms with Crippen LogP contribution in [0.3, 0.4) is 0 Å². The fourth-order valence-corrected chi connectivity index (χ4v) is 12.4. The average Bonchev–Trinajstić information content (AvgIpc) is 4.23. The molecule has 3 heteroatoms. The highest BCUT2D eigenvalue weighted by Crippen LogP contribution is 2.57. The molecule has 3 nitrogen and oxygen atoms in total. The number of unbranched alkanes of at least 4 members (excludes halogenated alkanes) is 2. The predicted octanol–water partition coefficient (Wildman–Crippen LogP) is 21.6. The summed E-state index contributed by atoms with van der Waals surface area (Å²) in [5.74, 6) is 0.887. The number of nitrogens with zero attached hydrogens (tertiary/aromatic N) is 2. The fraction of sp³-hybridized carbons (Fsp3) is 0.162. The lowest BCUT2D eigenvalue weighted by Gasteiger charge is -2.27. The molecule has 0 aromatic heterocycles. The van der Waals surface area contributed by atoms with E-state index in [1.165, 1.54) is 129 Å². The Morgan fingerprint density at radius 3 is 1.10 bits per heavy atom. The van der Waals surface area contributed by atoms with Crippen LogP contribution in [-0.2, 0) is 12.8 Å². The summed E-state index contributed by atoms with van der Waals surface area (Å²) in [6, 6.07) is 84.2. The third-order valence-corrected chi connectivity index (χ3v) is 16.3. The monoisotopic (exact) mass is 997 g/mol. The standard InChI is InChI=1S/C74H64N2O/c1-5-8-21-50-33-37-55(38-34-50)75(54-27-17-12-18-28-54)65-47-45-63-69-59(65)29-19-31-61(69)71-67(52-23-13-10-14-24-52)74-64-46-48-66(60-30-20-32-62(70(60)64)72(74)68(73(63)71)53-25-15-11-16-26-53)76(56-39-35-51(36-40-56)22-9-6-2)57-41-43-58(44-42-57)77-49(4)7-3/h10-20,23-49H,5-9,21-22H2,1-4H3. The lowest BCUT2D eigenvalue weighted by molar-refractivity contribution is 0.217. The molecule has 0 aliphatic carbocycles. The Morgan fingerprint density at radius 1 is 0.338 bits per heavy atom. The third-order valence-electron chi connectivity index (χ3n) is 16.3. The molecule has 13 aromatic rings. The molecule has 0 heterocycles. The highest BCUT2D eigenvalue weighted by Gasteiger charge is 2.30. The zero-order chi connectivity index (χ0) is 52.0. The van der Waals surface area contributed by atoms with E-state index in [1.54, 1.807) is 0 Å². The van der Waals surface area contributed by atoms with E-state index in [0.717, 1.165) is 53.4 Å². The van der Waals surface area contributed by atoms with Crippen LogP contribution >= 0.6 is 0 Å². The highest BCUT2D eigenvalue weighted by atomic mass is 16.5. The summed E-state index contributed by atoms with van der Waals surface area (Å²) < 4.78 is 6.32. The third kappa shape index (κ3) is 8.37. The number of rotatable bonds is 17. The van der Waals surface area contributed by atoms with Crippen molar-refractivity contribution in [2.24, 2.45) is 0 Å². The SMILES string of the molecule is CCCCc1ccc(N(c2ccccc2)c2ccc3c4c(-c5ccccc5)c5c6cccc7c(N(c8ccc(CCCC)cc8)c8ccc(OC(C)CC)cc8)ccc(c5c(-c5ccccc5)c4c4cccc2c43)c76)cc1. The smallest absolute Gasteiger partial charge is 0.119 e. The first-order valence-corrected chi connectivity index (χ1v) is 28.1. The molecule has 0 amide bonds. The van der Waals surface area contributed by atoms with Crippen molar-refractivity contribution in [3.8, 4) is 28.0 Å². The molecule has 0 N–H and O–H groups in total. The number of hydrogen-bond donors (Lipinski definition) is 0. The van der Waals surface area contributed by atoms with Gasteiger partial charge in [0.2, 0.25) is 0 Å². The summed E-state index contributed by atoms with van der Waals surface area (Å²) in [6.45, 7) is 8.84. The molecule has 0 bridgehead atoms. The van der Waals surface area contributed by atoms with Crippen molar-refractivity contribution in [2.45, 2.75) is 78.7 Å². The van der Waals surface area contributed by atoms with Gasteiger partial charge in [-0.25, -0.2) is 0 Å². The van der Waals surface area contributed by atoms with Crippen molar-refractivity contribution >= 4 is 98.8 Å². The van der Waals surface area contributed by atoms with Crippen molar-refractivity contribution in [1.82, 2.24) is 0 Å². The van der Waals surface area contributed by atoms with Crippen molar-refractivity contribution in [2.75, 3.05) is 9.80 Å². The number of ether oxygens (including phenoxy) is 1.